The average Bonchev–Trinajstić information content (AvgIpc) is 2.81. The lowest BCUT2D eigenvalue weighted by Crippen LogP contribution is -2.55. The predicted octanol–water partition coefficient (Wildman–Crippen LogP) is 3.57. The molecule has 4 aliphatic carbocycles. The topological polar surface area (TPSA) is 60.7 Å². The van der Waals surface area contributed by atoms with E-state index in [4.69, 9.17) is 0 Å². The number of aliphatic hydroxyl groups is 3. The normalized spacial score (nSPS) is 52.5. The zero-order chi connectivity index (χ0) is 17.3. The van der Waals surface area contributed by atoms with Gasteiger partial charge >= 0.3 is 0 Å². The second-order valence-corrected chi connectivity index (χ2v) is 9.69. The summed E-state index contributed by atoms with van der Waals surface area (Å²) in [7, 11) is 0. The Morgan fingerprint density at radius 2 is 1.79 bits per heavy atom. The smallest absolute Gasteiger partial charge is 0.0961 e. The average molecular weight is 335 g/mol. The van der Waals surface area contributed by atoms with Crippen LogP contribution in [0.25, 0.3) is 0 Å². The summed E-state index contributed by atoms with van der Waals surface area (Å²) in [5, 5.41) is 31.6. The monoisotopic (exact) mass is 334 g/mol. The lowest BCUT2D eigenvalue weighted by atomic mass is 9.50. The van der Waals surface area contributed by atoms with E-state index in [-0.39, 0.29) is 16.9 Å². The molecule has 0 bridgehead atoms. The van der Waals surface area contributed by atoms with Gasteiger partial charge in [-0.15, -0.1) is 0 Å². The highest BCUT2D eigenvalue weighted by atomic mass is 16.3. The SMILES string of the molecule is C[C@@H](O)[C@@]1(O)CC[C@H]2C3=C(CC[C@@]21C)[C@@]1(C)CC[C@H](O)CC1CC3. The first-order valence-electron chi connectivity index (χ1n) is 10.0. The molecule has 0 radical (unpaired) electrons. The van der Waals surface area contributed by atoms with Crippen LogP contribution < -0.4 is 0 Å². The minimum Gasteiger partial charge on any atom is -0.393 e. The van der Waals surface area contributed by atoms with Crippen molar-refractivity contribution in [1.29, 1.82) is 0 Å². The number of allylic oxidation sites excluding steroid dienone is 2. The van der Waals surface area contributed by atoms with Crippen LogP contribution in [-0.4, -0.2) is 33.1 Å². The molecule has 136 valence electrons. The van der Waals surface area contributed by atoms with E-state index in [1.807, 2.05) is 0 Å². The third-order valence-electron chi connectivity index (χ3n) is 8.87. The fourth-order valence-electron chi connectivity index (χ4n) is 7.18. The summed E-state index contributed by atoms with van der Waals surface area (Å²) in [5.74, 6) is 1.06. The molecule has 3 heteroatoms. The van der Waals surface area contributed by atoms with Crippen LogP contribution in [0.5, 0.6) is 0 Å². The highest BCUT2D eigenvalue weighted by Crippen LogP contribution is 2.66. The minimum atomic E-state index is -0.934. The molecule has 2 saturated carbocycles. The van der Waals surface area contributed by atoms with Crippen molar-refractivity contribution in [3.63, 3.8) is 0 Å². The van der Waals surface area contributed by atoms with E-state index in [1.54, 1.807) is 18.1 Å². The van der Waals surface area contributed by atoms with Gasteiger partial charge in [0.25, 0.3) is 0 Å². The van der Waals surface area contributed by atoms with Gasteiger partial charge in [-0.2, -0.15) is 0 Å². The van der Waals surface area contributed by atoms with Gasteiger partial charge in [-0.25, -0.2) is 0 Å². The Bertz CT molecular complexity index is 567. The second kappa shape index (κ2) is 5.31. The van der Waals surface area contributed by atoms with Crippen LogP contribution >= 0.6 is 0 Å². The first-order chi connectivity index (χ1) is 11.2. The Morgan fingerprint density at radius 1 is 1.04 bits per heavy atom. The summed E-state index contributed by atoms with van der Waals surface area (Å²) >= 11 is 0. The van der Waals surface area contributed by atoms with Crippen molar-refractivity contribution in [2.75, 3.05) is 0 Å². The van der Waals surface area contributed by atoms with E-state index in [0.717, 1.165) is 51.4 Å². The first kappa shape index (κ1) is 17.1. The van der Waals surface area contributed by atoms with Crippen LogP contribution in [0, 0.1) is 22.7 Å². The van der Waals surface area contributed by atoms with Crippen LogP contribution in [0.3, 0.4) is 0 Å². The van der Waals surface area contributed by atoms with E-state index in [9.17, 15) is 15.3 Å². The van der Waals surface area contributed by atoms with Gasteiger partial charge in [0, 0.05) is 5.41 Å². The minimum absolute atomic E-state index is 0.106. The Balaban J connectivity index is 1.73. The van der Waals surface area contributed by atoms with Gasteiger partial charge in [0.15, 0.2) is 0 Å². The molecule has 7 atom stereocenters. The Morgan fingerprint density at radius 3 is 2.50 bits per heavy atom. The van der Waals surface area contributed by atoms with E-state index in [1.165, 1.54) is 6.42 Å². The zero-order valence-corrected chi connectivity index (χ0v) is 15.5. The van der Waals surface area contributed by atoms with Crippen molar-refractivity contribution in [3.8, 4) is 0 Å². The molecule has 0 amide bonds. The summed E-state index contributed by atoms with van der Waals surface area (Å²) in [4.78, 5) is 0. The highest BCUT2D eigenvalue weighted by molar-refractivity contribution is 5.36. The van der Waals surface area contributed by atoms with Gasteiger partial charge < -0.3 is 15.3 Å². The van der Waals surface area contributed by atoms with Crippen molar-refractivity contribution in [2.45, 2.75) is 96.4 Å². The third kappa shape index (κ3) is 2.01. The highest BCUT2D eigenvalue weighted by Gasteiger charge is 2.62. The van der Waals surface area contributed by atoms with Crippen LogP contribution in [-0.2, 0) is 0 Å². The number of aliphatic hydroxyl groups excluding tert-OH is 2. The molecule has 4 aliphatic rings. The molecule has 1 unspecified atom stereocenters. The molecule has 2 fully saturated rings. The summed E-state index contributed by atoms with van der Waals surface area (Å²) < 4.78 is 0. The van der Waals surface area contributed by atoms with E-state index >= 15 is 0 Å². The summed E-state index contributed by atoms with van der Waals surface area (Å²) in [6, 6.07) is 0. The van der Waals surface area contributed by atoms with Crippen molar-refractivity contribution >= 4 is 0 Å². The third-order valence-corrected chi connectivity index (χ3v) is 8.87. The molecule has 0 aromatic rings. The summed E-state index contributed by atoms with van der Waals surface area (Å²) in [6.45, 7) is 6.43. The number of hydrogen-bond donors (Lipinski definition) is 3. The maximum atomic E-state index is 11.2. The molecule has 0 aromatic heterocycles. The fraction of sp³-hybridized carbons (Fsp3) is 0.905. The molecule has 24 heavy (non-hydrogen) atoms. The van der Waals surface area contributed by atoms with Gasteiger partial charge in [0.1, 0.15) is 0 Å². The zero-order valence-electron chi connectivity index (χ0n) is 15.5. The predicted molar refractivity (Wildman–Crippen MR) is 94.4 cm³/mol. The lowest BCUT2D eigenvalue weighted by molar-refractivity contribution is -0.143. The first-order valence-corrected chi connectivity index (χ1v) is 10.0. The van der Waals surface area contributed by atoms with Crippen LogP contribution in [0.15, 0.2) is 11.1 Å². The molecule has 3 nitrogen and oxygen atoms in total. The summed E-state index contributed by atoms with van der Waals surface area (Å²) in [5.41, 5.74) is 2.44. The molecule has 3 N–H and O–H groups in total. The largest absolute Gasteiger partial charge is 0.393 e. The van der Waals surface area contributed by atoms with Crippen molar-refractivity contribution < 1.29 is 15.3 Å². The maximum absolute atomic E-state index is 11.2. The molecule has 0 spiro atoms. The van der Waals surface area contributed by atoms with Gasteiger partial charge in [-0.05, 0) is 82.0 Å². The molecule has 0 heterocycles. The molecule has 0 saturated heterocycles. The number of hydrogen-bond acceptors (Lipinski definition) is 3. The van der Waals surface area contributed by atoms with E-state index < -0.39 is 11.7 Å². The maximum Gasteiger partial charge on any atom is 0.0961 e. The van der Waals surface area contributed by atoms with Crippen molar-refractivity contribution in [2.24, 2.45) is 22.7 Å². The molecule has 4 rings (SSSR count). The van der Waals surface area contributed by atoms with Gasteiger partial charge in [-0.3, -0.25) is 0 Å². The van der Waals surface area contributed by atoms with Crippen LogP contribution in [0.1, 0.15) is 78.6 Å². The number of fused-ring (bicyclic) bond motifs is 4. The summed E-state index contributed by atoms with van der Waals surface area (Å²) in [6.07, 6.45) is 8.37. The van der Waals surface area contributed by atoms with Crippen molar-refractivity contribution in [1.82, 2.24) is 0 Å². The lowest BCUT2D eigenvalue weighted by Gasteiger charge is -2.56. The quantitative estimate of drug-likeness (QED) is 0.643. The molecule has 0 aromatic carbocycles. The standard InChI is InChI=1S/C21H34O3/c1-13(22)21(24)11-8-18-16-5-4-14-12-15(23)6-9-19(14,2)17(16)7-10-20(18,21)3/h13-15,18,22-24H,4-12H2,1-3H3/t13-,14?,15+,18+,19+,20+,21+/m1/s1. The van der Waals surface area contributed by atoms with E-state index in [0.29, 0.717) is 11.8 Å². The van der Waals surface area contributed by atoms with Crippen LogP contribution in [0.4, 0.5) is 0 Å². The van der Waals surface area contributed by atoms with Crippen LogP contribution in [0.2, 0.25) is 0 Å². The van der Waals surface area contributed by atoms with Gasteiger partial charge in [-0.1, -0.05) is 25.0 Å². The van der Waals surface area contributed by atoms with E-state index in [2.05, 4.69) is 13.8 Å². The second-order valence-electron chi connectivity index (χ2n) is 9.69. The molecule has 0 aliphatic heterocycles. The van der Waals surface area contributed by atoms with Crippen molar-refractivity contribution in [3.05, 3.63) is 11.1 Å². The Hall–Kier alpha value is -0.380. The van der Waals surface area contributed by atoms with Gasteiger partial charge in [0.05, 0.1) is 17.8 Å². The van der Waals surface area contributed by atoms with Gasteiger partial charge in [0.2, 0.25) is 0 Å². The fourth-order valence-corrected chi connectivity index (χ4v) is 7.18. The number of rotatable bonds is 1. The molecular formula is C21H34O3. The Kier molecular flexibility index (Phi) is 3.77. The molecular weight excluding hydrogens is 300 g/mol. The Labute approximate surface area is 146 Å².